The van der Waals surface area contributed by atoms with Crippen LogP contribution >= 0.6 is 0 Å². The van der Waals surface area contributed by atoms with Crippen LogP contribution in [0.1, 0.15) is 28.3 Å². The maximum Gasteiger partial charge on any atom is 0.0645 e. The van der Waals surface area contributed by atoms with Crippen molar-refractivity contribution < 1.29 is 4.74 Å². The lowest BCUT2D eigenvalue weighted by Crippen LogP contribution is -2.11. The van der Waals surface area contributed by atoms with E-state index in [1.807, 2.05) is 6.08 Å². The molecule has 122 valence electrons. The van der Waals surface area contributed by atoms with Crippen molar-refractivity contribution in [3.05, 3.63) is 83.6 Å². The predicted molar refractivity (Wildman–Crippen MR) is 99.6 cm³/mol. The number of ether oxygens (including phenoxy) is 1. The number of fused-ring (bicyclic) bond motifs is 4. The second-order valence-electron chi connectivity index (χ2n) is 6.51. The highest BCUT2D eigenvalue weighted by atomic mass is 16.5. The summed E-state index contributed by atoms with van der Waals surface area (Å²) in [7, 11) is 2.19. The van der Waals surface area contributed by atoms with Crippen LogP contribution < -0.4 is 0 Å². The van der Waals surface area contributed by atoms with Gasteiger partial charge in [-0.15, -0.1) is 6.58 Å². The number of para-hydroxylation sites is 1. The number of rotatable bonds is 4. The zero-order chi connectivity index (χ0) is 16.5. The highest BCUT2D eigenvalue weighted by Gasteiger charge is 2.28. The van der Waals surface area contributed by atoms with E-state index in [2.05, 4.69) is 66.7 Å². The molecule has 0 N–H and O–H groups in total. The second-order valence-corrected chi connectivity index (χ2v) is 6.51. The first kappa shape index (κ1) is 15.2. The summed E-state index contributed by atoms with van der Waals surface area (Å²) >= 11 is 0. The maximum absolute atomic E-state index is 5.92. The molecule has 2 heteroatoms. The van der Waals surface area contributed by atoms with E-state index in [1.165, 1.54) is 33.3 Å². The molecule has 0 saturated carbocycles. The molecule has 2 nitrogen and oxygen atoms in total. The van der Waals surface area contributed by atoms with Crippen molar-refractivity contribution in [1.29, 1.82) is 0 Å². The van der Waals surface area contributed by atoms with Crippen molar-refractivity contribution in [2.75, 3.05) is 13.2 Å². The van der Waals surface area contributed by atoms with Crippen LogP contribution in [0.5, 0.6) is 0 Å². The smallest absolute Gasteiger partial charge is 0.0645 e. The summed E-state index contributed by atoms with van der Waals surface area (Å²) in [5, 5.41) is 1.36. The number of aryl methyl sites for hydroxylation is 2. The molecule has 1 aromatic heterocycles. The Bertz CT molecular complexity index is 890. The van der Waals surface area contributed by atoms with E-state index in [0.717, 1.165) is 12.8 Å². The first-order valence-corrected chi connectivity index (χ1v) is 8.64. The zero-order valence-electron chi connectivity index (χ0n) is 14.2. The summed E-state index contributed by atoms with van der Waals surface area (Å²) < 4.78 is 8.29. The number of nitrogens with zero attached hydrogens (tertiary/aromatic N) is 1. The minimum Gasteiger partial charge on any atom is -0.376 e. The topological polar surface area (TPSA) is 14.2 Å². The Labute approximate surface area is 143 Å². The fraction of sp³-hybridized carbons (Fsp3) is 0.273. The summed E-state index contributed by atoms with van der Waals surface area (Å²) in [6, 6.07) is 17.6. The van der Waals surface area contributed by atoms with Gasteiger partial charge in [0.15, 0.2) is 0 Å². The summed E-state index contributed by atoms with van der Waals surface area (Å²) in [6.07, 6.45) is 3.99. The molecule has 0 radical (unpaired) electrons. The highest BCUT2D eigenvalue weighted by molar-refractivity contribution is 5.87. The highest BCUT2D eigenvalue weighted by Crippen LogP contribution is 2.40. The van der Waals surface area contributed by atoms with Gasteiger partial charge < -0.3 is 9.30 Å². The second kappa shape index (κ2) is 6.29. The van der Waals surface area contributed by atoms with E-state index in [9.17, 15) is 0 Å². The third-order valence-corrected chi connectivity index (χ3v) is 5.20. The normalized spacial score (nSPS) is 16.5. The lowest BCUT2D eigenvalue weighted by atomic mass is 9.89. The van der Waals surface area contributed by atoms with Crippen molar-refractivity contribution in [1.82, 2.24) is 4.57 Å². The number of hydrogen-bond acceptors (Lipinski definition) is 1. The minimum absolute atomic E-state index is 0.282. The van der Waals surface area contributed by atoms with E-state index in [-0.39, 0.29) is 5.92 Å². The van der Waals surface area contributed by atoms with Gasteiger partial charge in [-0.2, -0.15) is 0 Å². The Morgan fingerprint density at radius 2 is 1.92 bits per heavy atom. The van der Waals surface area contributed by atoms with E-state index in [0.29, 0.717) is 13.2 Å². The van der Waals surface area contributed by atoms with Gasteiger partial charge in [0.1, 0.15) is 0 Å². The molecule has 1 aliphatic rings. The molecule has 3 aromatic rings. The quantitative estimate of drug-likeness (QED) is 0.506. The molecule has 24 heavy (non-hydrogen) atoms. The Kier molecular flexibility index (Phi) is 3.99. The summed E-state index contributed by atoms with van der Waals surface area (Å²) in [5.74, 6) is 0.282. The molecular formula is C22H23NO. The molecule has 1 heterocycles. The van der Waals surface area contributed by atoms with Crippen LogP contribution in [0.15, 0.2) is 61.2 Å². The zero-order valence-corrected chi connectivity index (χ0v) is 14.2. The predicted octanol–water partition coefficient (Wildman–Crippen LogP) is 4.61. The fourth-order valence-electron chi connectivity index (χ4n) is 4.12. The standard InChI is InChI=1S/C22H23NO/c1-3-14-24-15-19-17-9-5-4-8-16(17)12-13-21-22(19)18-10-6-7-11-20(18)23(21)2/h3-11,19H,1,12-15H2,2H3. The fourth-order valence-corrected chi connectivity index (χ4v) is 4.12. The lowest BCUT2D eigenvalue weighted by molar-refractivity contribution is 0.155. The number of hydrogen-bond donors (Lipinski definition) is 0. The van der Waals surface area contributed by atoms with Crippen molar-refractivity contribution in [2.24, 2.45) is 7.05 Å². The molecule has 0 saturated heterocycles. The molecule has 0 amide bonds. The third-order valence-electron chi connectivity index (χ3n) is 5.20. The molecule has 1 unspecified atom stereocenters. The largest absolute Gasteiger partial charge is 0.376 e. The van der Waals surface area contributed by atoms with E-state index >= 15 is 0 Å². The SMILES string of the molecule is C=CCOCC1c2ccccc2CCc2c1c1ccccc1n2C. The molecule has 1 aliphatic carbocycles. The van der Waals surface area contributed by atoms with Crippen LogP contribution in [0, 0.1) is 0 Å². The van der Waals surface area contributed by atoms with E-state index < -0.39 is 0 Å². The van der Waals surface area contributed by atoms with Gasteiger partial charge in [-0.1, -0.05) is 48.5 Å². The van der Waals surface area contributed by atoms with Crippen molar-refractivity contribution in [2.45, 2.75) is 18.8 Å². The van der Waals surface area contributed by atoms with Gasteiger partial charge in [0.25, 0.3) is 0 Å². The van der Waals surface area contributed by atoms with Crippen LogP contribution in [0.3, 0.4) is 0 Å². The monoisotopic (exact) mass is 317 g/mol. The lowest BCUT2D eigenvalue weighted by Gasteiger charge is -2.19. The Morgan fingerprint density at radius 3 is 2.79 bits per heavy atom. The Balaban J connectivity index is 1.93. The van der Waals surface area contributed by atoms with Crippen molar-refractivity contribution in [3.63, 3.8) is 0 Å². The van der Waals surface area contributed by atoms with Gasteiger partial charge in [-0.25, -0.2) is 0 Å². The average molecular weight is 317 g/mol. The summed E-state index contributed by atoms with van der Waals surface area (Å²) in [4.78, 5) is 0. The van der Waals surface area contributed by atoms with Gasteiger partial charge in [-0.3, -0.25) is 0 Å². The number of benzene rings is 2. The first-order valence-electron chi connectivity index (χ1n) is 8.64. The van der Waals surface area contributed by atoms with Gasteiger partial charge in [0, 0.05) is 29.6 Å². The first-order chi connectivity index (χ1) is 11.8. The molecule has 4 rings (SSSR count). The van der Waals surface area contributed by atoms with Crippen LogP contribution in [0.4, 0.5) is 0 Å². The van der Waals surface area contributed by atoms with Crippen LogP contribution in [-0.4, -0.2) is 17.8 Å². The van der Waals surface area contributed by atoms with Gasteiger partial charge >= 0.3 is 0 Å². The van der Waals surface area contributed by atoms with Crippen molar-refractivity contribution in [3.8, 4) is 0 Å². The molecule has 0 fully saturated rings. The molecule has 1 atom stereocenters. The van der Waals surface area contributed by atoms with Gasteiger partial charge in [0.05, 0.1) is 13.2 Å². The Morgan fingerprint density at radius 1 is 1.12 bits per heavy atom. The van der Waals surface area contributed by atoms with Gasteiger partial charge in [0.2, 0.25) is 0 Å². The third kappa shape index (κ3) is 2.38. The molecule has 0 bridgehead atoms. The summed E-state index contributed by atoms with van der Waals surface area (Å²) in [6.45, 7) is 5.07. The van der Waals surface area contributed by atoms with Gasteiger partial charge in [-0.05, 0) is 35.6 Å². The molecule has 0 aliphatic heterocycles. The maximum atomic E-state index is 5.92. The average Bonchev–Trinajstić information content (AvgIpc) is 2.79. The van der Waals surface area contributed by atoms with E-state index in [4.69, 9.17) is 4.74 Å². The van der Waals surface area contributed by atoms with Crippen LogP contribution in [0.2, 0.25) is 0 Å². The van der Waals surface area contributed by atoms with E-state index in [1.54, 1.807) is 0 Å². The summed E-state index contributed by atoms with van der Waals surface area (Å²) in [5.41, 5.74) is 7.07. The van der Waals surface area contributed by atoms with Crippen LogP contribution in [-0.2, 0) is 24.6 Å². The molecule has 2 aromatic carbocycles. The molecule has 0 spiro atoms. The minimum atomic E-state index is 0.282. The Hall–Kier alpha value is -2.32. The van der Waals surface area contributed by atoms with Crippen molar-refractivity contribution >= 4 is 10.9 Å². The molecular weight excluding hydrogens is 294 g/mol. The number of aromatic nitrogens is 1. The van der Waals surface area contributed by atoms with Crippen LogP contribution in [0.25, 0.3) is 10.9 Å².